The quantitative estimate of drug-likeness (QED) is 0.396. The molecule has 0 spiro atoms. The SMILES string of the molecule is C=C(/N=C\c1nc(-c2ccccc2Cl)n(CC2CCNC2)c1N)NCc1cc(Cl)ccc1F. The monoisotopic (exact) mass is 486 g/mol. The van der Waals surface area contributed by atoms with Gasteiger partial charge in [0.1, 0.15) is 29.0 Å². The molecule has 6 nitrogen and oxygen atoms in total. The number of benzene rings is 2. The van der Waals surface area contributed by atoms with E-state index in [1.807, 2.05) is 28.8 Å². The Morgan fingerprint density at radius 2 is 2.15 bits per heavy atom. The van der Waals surface area contributed by atoms with Gasteiger partial charge < -0.3 is 20.9 Å². The predicted molar refractivity (Wildman–Crippen MR) is 133 cm³/mol. The van der Waals surface area contributed by atoms with Crippen LogP contribution in [0.3, 0.4) is 0 Å². The van der Waals surface area contributed by atoms with Crippen molar-refractivity contribution >= 4 is 35.2 Å². The Hall–Kier alpha value is -2.87. The third-order valence-electron chi connectivity index (χ3n) is 5.59. The third-order valence-corrected chi connectivity index (χ3v) is 6.15. The van der Waals surface area contributed by atoms with Gasteiger partial charge in [-0.1, -0.05) is 41.9 Å². The van der Waals surface area contributed by atoms with Crippen LogP contribution in [-0.4, -0.2) is 28.9 Å². The van der Waals surface area contributed by atoms with Gasteiger partial charge in [0.2, 0.25) is 0 Å². The van der Waals surface area contributed by atoms with E-state index in [2.05, 4.69) is 22.2 Å². The first-order chi connectivity index (χ1) is 15.9. The molecule has 1 aliphatic heterocycles. The zero-order chi connectivity index (χ0) is 23.4. The van der Waals surface area contributed by atoms with Crippen LogP contribution >= 0.6 is 23.2 Å². The largest absolute Gasteiger partial charge is 0.383 e. The number of nitrogens with one attached hydrogen (secondary N) is 2. The third kappa shape index (κ3) is 5.55. The number of rotatable bonds is 8. The van der Waals surface area contributed by atoms with Crippen LogP contribution < -0.4 is 16.4 Å². The highest BCUT2D eigenvalue weighted by Gasteiger charge is 2.22. The summed E-state index contributed by atoms with van der Waals surface area (Å²) >= 11 is 12.4. The summed E-state index contributed by atoms with van der Waals surface area (Å²) in [6.45, 7) is 6.74. The van der Waals surface area contributed by atoms with Crippen LogP contribution in [0.1, 0.15) is 17.7 Å². The topological polar surface area (TPSA) is 80.3 Å². The molecule has 2 heterocycles. The van der Waals surface area contributed by atoms with Crippen molar-refractivity contribution in [3.8, 4) is 11.4 Å². The average Bonchev–Trinajstić information content (AvgIpc) is 3.42. The van der Waals surface area contributed by atoms with Gasteiger partial charge in [-0.2, -0.15) is 0 Å². The lowest BCUT2D eigenvalue weighted by Gasteiger charge is -2.14. The first-order valence-electron chi connectivity index (χ1n) is 10.6. The van der Waals surface area contributed by atoms with Crippen LogP contribution in [0.15, 0.2) is 59.9 Å². The van der Waals surface area contributed by atoms with Crippen LogP contribution in [-0.2, 0) is 13.1 Å². The molecule has 3 aromatic rings. The van der Waals surface area contributed by atoms with Gasteiger partial charge in [0, 0.05) is 29.2 Å². The van der Waals surface area contributed by atoms with Gasteiger partial charge >= 0.3 is 0 Å². The van der Waals surface area contributed by atoms with Gasteiger partial charge in [-0.3, -0.25) is 0 Å². The minimum Gasteiger partial charge on any atom is -0.383 e. The number of nitrogens with two attached hydrogens (primary N) is 1. The van der Waals surface area contributed by atoms with E-state index in [9.17, 15) is 4.39 Å². The molecule has 33 heavy (non-hydrogen) atoms. The van der Waals surface area contributed by atoms with Crippen molar-refractivity contribution in [1.82, 2.24) is 20.2 Å². The van der Waals surface area contributed by atoms with E-state index in [1.165, 1.54) is 12.1 Å². The Morgan fingerprint density at radius 3 is 2.91 bits per heavy atom. The average molecular weight is 487 g/mol. The van der Waals surface area contributed by atoms with Crippen LogP contribution in [0.4, 0.5) is 10.2 Å². The maximum Gasteiger partial charge on any atom is 0.143 e. The van der Waals surface area contributed by atoms with Gasteiger partial charge in [-0.15, -0.1) is 0 Å². The Kier molecular flexibility index (Phi) is 7.33. The molecule has 0 saturated carbocycles. The zero-order valence-electron chi connectivity index (χ0n) is 18.0. The lowest BCUT2D eigenvalue weighted by Crippen LogP contribution is -2.16. The maximum atomic E-state index is 13.9. The van der Waals surface area contributed by atoms with Crippen molar-refractivity contribution in [1.29, 1.82) is 0 Å². The summed E-state index contributed by atoms with van der Waals surface area (Å²) in [5.41, 5.74) is 8.24. The van der Waals surface area contributed by atoms with Crippen LogP contribution in [0.5, 0.6) is 0 Å². The van der Waals surface area contributed by atoms with Crippen LogP contribution in [0.25, 0.3) is 11.4 Å². The number of nitrogens with zero attached hydrogens (tertiary/aromatic N) is 3. The Labute approximate surface area is 202 Å². The summed E-state index contributed by atoms with van der Waals surface area (Å²) in [5.74, 6) is 1.66. The van der Waals surface area contributed by atoms with Gasteiger partial charge in [0.05, 0.1) is 11.2 Å². The fraction of sp³-hybridized carbons (Fsp3) is 0.250. The van der Waals surface area contributed by atoms with Crippen molar-refractivity contribution < 1.29 is 4.39 Å². The highest BCUT2D eigenvalue weighted by Crippen LogP contribution is 2.31. The minimum atomic E-state index is -0.350. The first kappa shape index (κ1) is 23.3. The molecule has 1 aliphatic rings. The van der Waals surface area contributed by atoms with E-state index >= 15 is 0 Å². The van der Waals surface area contributed by atoms with Crippen LogP contribution in [0, 0.1) is 11.7 Å². The molecule has 1 atom stereocenters. The second kappa shape index (κ2) is 10.4. The fourth-order valence-corrected chi connectivity index (χ4v) is 4.22. The molecule has 0 aliphatic carbocycles. The number of halogens is 3. The molecule has 0 amide bonds. The number of anilines is 1. The van der Waals surface area contributed by atoms with E-state index in [1.54, 1.807) is 12.3 Å². The van der Waals surface area contributed by atoms with Gasteiger partial charge in [0.15, 0.2) is 0 Å². The molecule has 0 radical (unpaired) electrons. The summed E-state index contributed by atoms with van der Waals surface area (Å²) in [5, 5.41) is 7.43. The van der Waals surface area contributed by atoms with E-state index in [0.29, 0.717) is 44.7 Å². The molecule has 1 unspecified atom stereocenters. The van der Waals surface area contributed by atoms with Gasteiger partial charge in [-0.25, -0.2) is 14.4 Å². The summed E-state index contributed by atoms with van der Waals surface area (Å²) in [6.07, 6.45) is 2.63. The Balaban J connectivity index is 1.55. The summed E-state index contributed by atoms with van der Waals surface area (Å²) in [7, 11) is 0. The molecule has 1 saturated heterocycles. The van der Waals surface area contributed by atoms with Crippen molar-refractivity contribution in [2.24, 2.45) is 10.9 Å². The molecule has 9 heteroatoms. The Bertz CT molecular complexity index is 1180. The molecular formula is C24H25Cl2FN6. The molecule has 0 bridgehead atoms. The highest BCUT2D eigenvalue weighted by atomic mass is 35.5. The van der Waals surface area contributed by atoms with Gasteiger partial charge in [-0.05, 0) is 55.8 Å². The summed E-state index contributed by atoms with van der Waals surface area (Å²) in [6, 6.07) is 12.0. The number of imidazole rings is 1. The van der Waals surface area contributed by atoms with E-state index in [4.69, 9.17) is 33.9 Å². The summed E-state index contributed by atoms with van der Waals surface area (Å²) in [4.78, 5) is 9.07. The predicted octanol–water partition coefficient (Wildman–Crippen LogP) is 4.87. The zero-order valence-corrected chi connectivity index (χ0v) is 19.5. The van der Waals surface area contributed by atoms with Crippen molar-refractivity contribution in [3.63, 3.8) is 0 Å². The molecule has 2 aromatic carbocycles. The molecule has 4 N–H and O–H groups in total. The van der Waals surface area contributed by atoms with Crippen molar-refractivity contribution in [2.75, 3.05) is 18.8 Å². The number of aromatic nitrogens is 2. The second-order valence-electron chi connectivity index (χ2n) is 7.95. The lowest BCUT2D eigenvalue weighted by atomic mass is 10.1. The lowest BCUT2D eigenvalue weighted by molar-refractivity contribution is 0.488. The molecule has 172 valence electrons. The number of hydrogen-bond acceptors (Lipinski definition) is 5. The number of hydrogen-bond donors (Lipinski definition) is 3. The van der Waals surface area contributed by atoms with Gasteiger partial charge in [0.25, 0.3) is 0 Å². The summed E-state index contributed by atoms with van der Waals surface area (Å²) < 4.78 is 15.9. The number of nitrogen functional groups attached to an aromatic ring is 1. The number of aliphatic imine (C=N–C) groups is 1. The highest BCUT2D eigenvalue weighted by molar-refractivity contribution is 6.33. The fourth-order valence-electron chi connectivity index (χ4n) is 3.80. The smallest absolute Gasteiger partial charge is 0.143 e. The standard InChI is InChI=1S/C24H25Cl2FN6/c1-15(30-12-17-10-18(25)6-7-21(17)27)31-13-22-23(28)33(14-16-8-9-29-11-16)24(32-22)19-4-2-3-5-20(19)26/h2-7,10,13,16,29-30H,1,8-9,11-12,14,28H2/b31-13-. The molecule has 1 fully saturated rings. The molecule has 4 rings (SSSR count). The van der Waals surface area contributed by atoms with Crippen LogP contribution in [0.2, 0.25) is 10.0 Å². The second-order valence-corrected chi connectivity index (χ2v) is 8.79. The maximum absolute atomic E-state index is 13.9. The molecular weight excluding hydrogens is 462 g/mol. The van der Waals surface area contributed by atoms with Crippen molar-refractivity contribution in [2.45, 2.75) is 19.5 Å². The minimum absolute atomic E-state index is 0.200. The van der Waals surface area contributed by atoms with E-state index in [-0.39, 0.29) is 12.4 Å². The van der Waals surface area contributed by atoms with E-state index in [0.717, 1.165) is 31.6 Å². The Morgan fingerprint density at radius 1 is 1.33 bits per heavy atom. The van der Waals surface area contributed by atoms with Crippen molar-refractivity contribution in [3.05, 3.63) is 82.0 Å². The first-order valence-corrected chi connectivity index (χ1v) is 11.4. The van der Waals surface area contributed by atoms with E-state index < -0.39 is 0 Å². The normalized spacial score (nSPS) is 15.9. The molecule has 1 aromatic heterocycles.